The minimum absolute atomic E-state index is 0.0448. The van der Waals surface area contributed by atoms with E-state index in [4.69, 9.17) is 0 Å². The van der Waals surface area contributed by atoms with E-state index in [1.54, 1.807) is 18.2 Å². The third-order valence-corrected chi connectivity index (χ3v) is 3.62. The van der Waals surface area contributed by atoms with Gasteiger partial charge in [-0.25, -0.2) is 0 Å². The second-order valence-corrected chi connectivity index (χ2v) is 5.34. The van der Waals surface area contributed by atoms with E-state index in [9.17, 15) is 9.59 Å². The Hall–Kier alpha value is -0.480. The van der Waals surface area contributed by atoms with Gasteiger partial charge < -0.3 is 0 Å². The zero-order valence-corrected chi connectivity index (χ0v) is 10.9. The average Bonchev–Trinajstić information content (AvgIpc) is 2.15. The molecule has 1 atom stereocenters. The molecular weight excluding hydrogens is 228 g/mol. The Morgan fingerprint density at radius 3 is 2.20 bits per heavy atom. The number of rotatable bonds is 5. The van der Waals surface area contributed by atoms with Crippen molar-refractivity contribution in [2.75, 3.05) is 5.75 Å². The van der Waals surface area contributed by atoms with Crippen LogP contribution >= 0.6 is 23.5 Å². The summed E-state index contributed by atoms with van der Waals surface area (Å²) < 4.78 is 0. The molecule has 0 radical (unpaired) electrons. The van der Waals surface area contributed by atoms with Crippen LogP contribution in [0.4, 0.5) is 0 Å². The fourth-order valence-electron chi connectivity index (χ4n) is 0.791. The van der Waals surface area contributed by atoms with Gasteiger partial charge in [0.25, 0.3) is 0 Å². The van der Waals surface area contributed by atoms with Crippen molar-refractivity contribution < 1.29 is 9.59 Å². The molecule has 0 aliphatic carbocycles. The van der Waals surface area contributed by atoms with Gasteiger partial charge >= 0.3 is 0 Å². The normalized spacial score (nSPS) is 13.5. The van der Waals surface area contributed by atoms with Crippen molar-refractivity contribution in [3.8, 4) is 0 Å². The monoisotopic (exact) mass is 244 g/mol. The third kappa shape index (κ3) is 8.51. The molecule has 84 valence electrons. The SMILES string of the molecule is CC=CC(=O)SCC(C)SC(=O)C=CC. The quantitative estimate of drug-likeness (QED) is 0.696. The van der Waals surface area contributed by atoms with E-state index in [2.05, 4.69) is 0 Å². The van der Waals surface area contributed by atoms with E-state index >= 15 is 0 Å². The lowest BCUT2D eigenvalue weighted by Crippen LogP contribution is -2.05. The summed E-state index contributed by atoms with van der Waals surface area (Å²) in [7, 11) is 0. The van der Waals surface area contributed by atoms with Crippen molar-refractivity contribution in [3.05, 3.63) is 24.3 Å². The van der Waals surface area contributed by atoms with Crippen LogP contribution in [0.25, 0.3) is 0 Å². The number of carbonyl (C=O) groups excluding carboxylic acids is 2. The lowest BCUT2D eigenvalue weighted by molar-refractivity contribution is -0.107. The number of hydrogen-bond acceptors (Lipinski definition) is 4. The highest BCUT2D eigenvalue weighted by Crippen LogP contribution is 2.18. The minimum Gasteiger partial charge on any atom is -0.282 e. The summed E-state index contributed by atoms with van der Waals surface area (Å²) in [6.07, 6.45) is 6.52. The van der Waals surface area contributed by atoms with E-state index < -0.39 is 0 Å². The van der Waals surface area contributed by atoms with Crippen LogP contribution in [0.2, 0.25) is 0 Å². The maximum Gasteiger partial charge on any atom is 0.212 e. The molecule has 2 nitrogen and oxygen atoms in total. The fraction of sp³-hybridized carbons (Fsp3) is 0.455. The largest absolute Gasteiger partial charge is 0.282 e. The topological polar surface area (TPSA) is 34.1 Å². The molecule has 1 unspecified atom stereocenters. The second kappa shape index (κ2) is 8.80. The summed E-state index contributed by atoms with van der Waals surface area (Å²) in [6.45, 7) is 5.57. The summed E-state index contributed by atoms with van der Waals surface area (Å²) >= 11 is 2.51. The number of thioether (sulfide) groups is 2. The molecule has 0 aromatic rings. The van der Waals surface area contributed by atoms with Crippen LogP contribution in [0.3, 0.4) is 0 Å². The smallest absolute Gasteiger partial charge is 0.212 e. The molecule has 0 N–H and O–H groups in total. The number of allylic oxidation sites excluding steroid dienone is 2. The Bertz CT molecular complexity index is 270. The number of hydrogen-bond donors (Lipinski definition) is 0. The molecule has 0 rings (SSSR count). The second-order valence-electron chi connectivity index (χ2n) is 2.88. The Morgan fingerprint density at radius 1 is 1.13 bits per heavy atom. The molecule has 0 spiro atoms. The first-order valence-electron chi connectivity index (χ1n) is 4.73. The van der Waals surface area contributed by atoms with Crippen LogP contribution in [-0.4, -0.2) is 21.2 Å². The van der Waals surface area contributed by atoms with Gasteiger partial charge in [-0.1, -0.05) is 42.6 Å². The summed E-state index contributed by atoms with van der Waals surface area (Å²) in [4.78, 5) is 22.3. The maximum absolute atomic E-state index is 11.2. The predicted molar refractivity (Wildman–Crippen MR) is 69.2 cm³/mol. The van der Waals surface area contributed by atoms with Crippen LogP contribution < -0.4 is 0 Å². The van der Waals surface area contributed by atoms with Gasteiger partial charge in [-0.15, -0.1) is 0 Å². The van der Waals surface area contributed by atoms with Crippen molar-refractivity contribution in [3.63, 3.8) is 0 Å². The van der Waals surface area contributed by atoms with Gasteiger partial charge in [-0.3, -0.25) is 9.59 Å². The van der Waals surface area contributed by atoms with Crippen molar-refractivity contribution in [1.29, 1.82) is 0 Å². The van der Waals surface area contributed by atoms with Crippen LogP contribution in [0.15, 0.2) is 24.3 Å². The third-order valence-electron chi connectivity index (χ3n) is 1.38. The standard InChI is InChI=1S/C11H16O2S2/c1-4-6-10(12)14-8-9(3)15-11(13)7-5-2/h4-7,9H,8H2,1-3H3. The van der Waals surface area contributed by atoms with Crippen molar-refractivity contribution in [2.24, 2.45) is 0 Å². The van der Waals surface area contributed by atoms with Crippen molar-refractivity contribution in [2.45, 2.75) is 26.0 Å². The Morgan fingerprint density at radius 2 is 1.67 bits per heavy atom. The van der Waals surface area contributed by atoms with E-state index in [1.807, 2.05) is 20.8 Å². The molecule has 0 bridgehead atoms. The summed E-state index contributed by atoms with van der Waals surface area (Å²) in [5, 5.41) is 0.250. The molecule has 0 saturated heterocycles. The lowest BCUT2D eigenvalue weighted by Gasteiger charge is -2.06. The molecule has 0 heterocycles. The van der Waals surface area contributed by atoms with Gasteiger partial charge in [0.15, 0.2) is 0 Å². The average molecular weight is 244 g/mol. The first kappa shape index (κ1) is 14.5. The highest BCUT2D eigenvalue weighted by Gasteiger charge is 2.09. The molecule has 0 aliphatic rings. The molecule has 4 heteroatoms. The Labute approximate surface area is 99.6 Å². The molecule has 0 saturated carbocycles. The zero-order valence-electron chi connectivity index (χ0n) is 9.23. The van der Waals surface area contributed by atoms with E-state index in [1.165, 1.54) is 29.6 Å². The number of carbonyl (C=O) groups is 2. The summed E-state index contributed by atoms with van der Waals surface area (Å²) in [5.74, 6) is 0.664. The van der Waals surface area contributed by atoms with Gasteiger partial charge in [-0.2, -0.15) is 0 Å². The van der Waals surface area contributed by atoms with Gasteiger partial charge in [-0.05, 0) is 26.0 Å². The fourth-order valence-corrected chi connectivity index (χ4v) is 2.51. The molecule has 0 aliphatic heterocycles. The first-order chi connectivity index (χ1) is 7.10. The lowest BCUT2D eigenvalue weighted by atomic mass is 10.5. The molecule has 0 amide bonds. The molecule has 15 heavy (non-hydrogen) atoms. The van der Waals surface area contributed by atoms with Crippen LogP contribution in [0, 0.1) is 0 Å². The van der Waals surface area contributed by atoms with Crippen molar-refractivity contribution >= 4 is 33.8 Å². The predicted octanol–water partition coefficient (Wildman–Crippen LogP) is 3.05. The Balaban J connectivity index is 3.79. The first-order valence-corrected chi connectivity index (χ1v) is 6.59. The van der Waals surface area contributed by atoms with Gasteiger partial charge in [0.05, 0.1) is 0 Å². The van der Waals surface area contributed by atoms with Gasteiger partial charge in [0, 0.05) is 11.0 Å². The van der Waals surface area contributed by atoms with Gasteiger partial charge in [0.2, 0.25) is 10.2 Å². The molecule has 0 fully saturated rings. The highest BCUT2D eigenvalue weighted by molar-refractivity contribution is 8.17. The zero-order chi connectivity index (χ0) is 11.7. The summed E-state index contributed by atoms with van der Waals surface area (Å²) in [6, 6.07) is 0. The van der Waals surface area contributed by atoms with E-state index in [0.717, 1.165) is 0 Å². The van der Waals surface area contributed by atoms with Crippen molar-refractivity contribution in [1.82, 2.24) is 0 Å². The molecular formula is C11H16O2S2. The van der Waals surface area contributed by atoms with E-state index in [-0.39, 0.29) is 15.5 Å². The van der Waals surface area contributed by atoms with E-state index in [0.29, 0.717) is 5.75 Å². The summed E-state index contributed by atoms with van der Waals surface area (Å²) in [5.41, 5.74) is 0. The maximum atomic E-state index is 11.2. The highest BCUT2D eigenvalue weighted by atomic mass is 32.2. The van der Waals surface area contributed by atoms with Crippen LogP contribution in [0.5, 0.6) is 0 Å². The van der Waals surface area contributed by atoms with Crippen LogP contribution in [-0.2, 0) is 9.59 Å². The Kier molecular flexibility index (Phi) is 8.52. The van der Waals surface area contributed by atoms with Crippen LogP contribution in [0.1, 0.15) is 20.8 Å². The molecule has 0 aromatic heterocycles. The minimum atomic E-state index is 0.0448. The van der Waals surface area contributed by atoms with Gasteiger partial charge in [0.1, 0.15) is 0 Å². The molecule has 0 aromatic carbocycles.